The van der Waals surface area contributed by atoms with Crippen LogP contribution in [0.2, 0.25) is 5.02 Å². The Morgan fingerprint density at radius 2 is 1.96 bits per heavy atom. The summed E-state index contributed by atoms with van der Waals surface area (Å²) >= 11 is 6.24. The van der Waals surface area contributed by atoms with E-state index in [1.54, 1.807) is 18.6 Å². The minimum Gasteiger partial charge on any atom is -0.355 e. The molecule has 2 fully saturated rings. The predicted octanol–water partition coefficient (Wildman–Crippen LogP) is 3.54. The molecule has 136 valence electrons. The highest BCUT2D eigenvalue weighted by Gasteiger charge is 2.57. The first kappa shape index (κ1) is 16.3. The molecular weight excluding hydrogens is 362 g/mol. The molecule has 3 heterocycles. The summed E-state index contributed by atoms with van der Waals surface area (Å²) < 4.78 is 0. The second kappa shape index (κ2) is 6.39. The summed E-state index contributed by atoms with van der Waals surface area (Å²) in [5.41, 5.74) is 0.792. The van der Waals surface area contributed by atoms with Crippen molar-refractivity contribution in [1.29, 1.82) is 0 Å². The fraction of sp³-hybridized carbons (Fsp3) is 0.250. The summed E-state index contributed by atoms with van der Waals surface area (Å²) in [5, 5.41) is 8.74. The zero-order chi connectivity index (χ0) is 18.4. The first-order chi connectivity index (χ1) is 13.2. The van der Waals surface area contributed by atoms with Crippen molar-refractivity contribution in [2.45, 2.75) is 6.04 Å². The Bertz CT molecular complexity index is 1010. The average Bonchev–Trinajstić information content (AvgIpc) is 3.11. The van der Waals surface area contributed by atoms with Crippen molar-refractivity contribution < 1.29 is 4.79 Å². The van der Waals surface area contributed by atoms with E-state index in [0.29, 0.717) is 16.9 Å². The van der Waals surface area contributed by atoms with E-state index in [-0.39, 0.29) is 12.1 Å². The molecule has 1 aliphatic heterocycles. The molecule has 2 N–H and O–H groups in total. The quantitative estimate of drug-likeness (QED) is 0.730. The van der Waals surface area contributed by atoms with Crippen LogP contribution in [0.25, 0.3) is 10.8 Å². The molecule has 3 aromatic rings. The molecule has 27 heavy (non-hydrogen) atoms. The molecule has 5 rings (SSSR count). The Morgan fingerprint density at radius 1 is 1.11 bits per heavy atom. The van der Waals surface area contributed by atoms with Gasteiger partial charge in [-0.05, 0) is 24.3 Å². The number of piperidine rings is 1. The number of carbonyl (C=O) groups is 1. The number of carbonyl (C=O) groups excluding carboxylic acids is 1. The molecule has 2 aromatic heterocycles. The number of aromatic nitrogens is 2. The highest BCUT2D eigenvalue weighted by molar-refractivity contribution is 6.32. The van der Waals surface area contributed by atoms with Crippen LogP contribution in [-0.4, -0.2) is 35.1 Å². The number of nitrogens with zero attached hydrogens (tertiary/aromatic N) is 3. The Labute approximate surface area is 161 Å². The van der Waals surface area contributed by atoms with Crippen LogP contribution < -0.4 is 15.5 Å². The number of halogens is 1. The van der Waals surface area contributed by atoms with E-state index in [4.69, 9.17) is 11.6 Å². The monoisotopic (exact) mass is 379 g/mol. The molecule has 2 atom stereocenters. The molecule has 7 heteroatoms. The molecule has 0 spiro atoms. The molecule has 2 amide bonds. The minimum absolute atomic E-state index is 0.166. The van der Waals surface area contributed by atoms with Crippen LogP contribution in [0.3, 0.4) is 0 Å². The van der Waals surface area contributed by atoms with Gasteiger partial charge in [0.05, 0.1) is 10.7 Å². The van der Waals surface area contributed by atoms with E-state index in [1.165, 1.54) is 0 Å². The van der Waals surface area contributed by atoms with Crippen LogP contribution in [0.15, 0.2) is 55.0 Å². The third-order valence-corrected chi connectivity index (χ3v) is 5.75. The number of hydrogen-bond acceptors (Lipinski definition) is 4. The van der Waals surface area contributed by atoms with Gasteiger partial charge in [-0.25, -0.2) is 9.78 Å². The minimum atomic E-state index is -0.166. The van der Waals surface area contributed by atoms with Gasteiger partial charge in [0.2, 0.25) is 0 Å². The van der Waals surface area contributed by atoms with Gasteiger partial charge < -0.3 is 15.5 Å². The lowest BCUT2D eigenvalue weighted by Crippen LogP contribution is -2.37. The summed E-state index contributed by atoms with van der Waals surface area (Å²) in [5.74, 6) is 1.73. The second-order valence-corrected chi connectivity index (χ2v) is 7.48. The van der Waals surface area contributed by atoms with Crippen molar-refractivity contribution in [1.82, 2.24) is 15.3 Å². The van der Waals surface area contributed by atoms with Gasteiger partial charge in [0, 0.05) is 60.3 Å². The first-order valence-corrected chi connectivity index (χ1v) is 9.34. The first-order valence-electron chi connectivity index (χ1n) is 8.96. The van der Waals surface area contributed by atoms with E-state index in [1.807, 2.05) is 36.4 Å². The van der Waals surface area contributed by atoms with E-state index in [0.717, 1.165) is 35.4 Å². The van der Waals surface area contributed by atoms with Gasteiger partial charge in [-0.2, -0.15) is 0 Å². The third-order valence-electron chi connectivity index (χ3n) is 5.46. The number of nitrogens with one attached hydrogen (secondary N) is 2. The van der Waals surface area contributed by atoms with Crippen LogP contribution in [0.1, 0.15) is 0 Å². The van der Waals surface area contributed by atoms with Gasteiger partial charge in [-0.3, -0.25) is 4.98 Å². The predicted molar refractivity (Wildman–Crippen MR) is 106 cm³/mol. The van der Waals surface area contributed by atoms with Gasteiger partial charge in [0.25, 0.3) is 0 Å². The average molecular weight is 380 g/mol. The number of urea groups is 1. The Hall–Kier alpha value is -2.86. The van der Waals surface area contributed by atoms with Gasteiger partial charge in [-0.15, -0.1) is 0 Å². The van der Waals surface area contributed by atoms with E-state index in [9.17, 15) is 4.79 Å². The molecule has 0 radical (unpaired) electrons. The zero-order valence-electron chi connectivity index (χ0n) is 14.5. The molecular formula is C20H18ClN5O. The molecule has 1 saturated carbocycles. The molecule has 0 bridgehead atoms. The fourth-order valence-electron chi connectivity index (χ4n) is 4.06. The molecule has 1 saturated heterocycles. The number of benzene rings is 1. The van der Waals surface area contributed by atoms with Crippen molar-refractivity contribution in [3.63, 3.8) is 0 Å². The largest absolute Gasteiger partial charge is 0.355 e. The van der Waals surface area contributed by atoms with Crippen molar-refractivity contribution in [2.24, 2.45) is 11.8 Å². The Morgan fingerprint density at radius 3 is 2.78 bits per heavy atom. The molecule has 1 aliphatic carbocycles. The van der Waals surface area contributed by atoms with Crippen LogP contribution in [0, 0.1) is 11.8 Å². The van der Waals surface area contributed by atoms with E-state index >= 15 is 0 Å². The number of rotatable bonds is 3. The highest BCUT2D eigenvalue weighted by atomic mass is 35.5. The van der Waals surface area contributed by atoms with E-state index < -0.39 is 0 Å². The number of anilines is 2. The second-order valence-electron chi connectivity index (χ2n) is 7.07. The van der Waals surface area contributed by atoms with Gasteiger partial charge in [0.1, 0.15) is 5.82 Å². The SMILES string of the molecule is O=C(Nc1cccc2cnccc12)NC1C2CN(c3ncccc3Cl)CC21. The van der Waals surface area contributed by atoms with Crippen LogP contribution in [-0.2, 0) is 0 Å². The zero-order valence-corrected chi connectivity index (χ0v) is 15.2. The summed E-state index contributed by atoms with van der Waals surface area (Å²) in [4.78, 5) is 23.2. The molecule has 2 unspecified atom stereocenters. The maximum Gasteiger partial charge on any atom is 0.319 e. The number of amides is 2. The fourth-order valence-corrected chi connectivity index (χ4v) is 4.31. The normalized spacial score (nSPS) is 23.1. The lowest BCUT2D eigenvalue weighted by atomic mass is 10.1. The van der Waals surface area contributed by atoms with Crippen molar-refractivity contribution in [3.8, 4) is 0 Å². The highest BCUT2D eigenvalue weighted by Crippen LogP contribution is 2.47. The standard InChI is InChI=1S/C20H18ClN5O/c21-16-4-2-7-23-19(16)26-10-14-15(11-26)18(14)25-20(27)24-17-5-1-3-12-9-22-8-6-13(12)17/h1-9,14-15,18H,10-11H2,(H2,24,25,27). The van der Waals surface area contributed by atoms with Gasteiger partial charge in [-0.1, -0.05) is 23.7 Å². The van der Waals surface area contributed by atoms with E-state index in [2.05, 4.69) is 25.5 Å². The molecule has 6 nitrogen and oxygen atoms in total. The third kappa shape index (κ3) is 2.96. The number of hydrogen-bond donors (Lipinski definition) is 2. The van der Waals surface area contributed by atoms with Crippen molar-refractivity contribution in [3.05, 3.63) is 60.0 Å². The summed E-state index contributed by atoms with van der Waals surface area (Å²) in [6, 6.07) is 11.4. The maximum absolute atomic E-state index is 12.5. The van der Waals surface area contributed by atoms with Gasteiger partial charge in [0.15, 0.2) is 0 Å². The smallest absolute Gasteiger partial charge is 0.319 e. The lowest BCUT2D eigenvalue weighted by molar-refractivity contribution is 0.250. The number of pyridine rings is 2. The topological polar surface area (TPSA) is 70.2 Å². The van der Waals surface area contributed by atoms with Crippen molar-refractivity contribution in [2.75, 3.05) is 23.3 Å². The Kier molecular flexibility index (Phi) is 3.86. The summed E-state index contributed by atoms with van der Waals surface area (Å²) in [6.45, 7) is 1.73. The van der Waals surface area contributed by atoms with Crippen LogP contribution in [0.5, 0.6) is 0 Å². The summed E-state index contributed by atoms with van der Waals surface area (Å²) in [6.07, 6.45) is 5.28. The van der Waals surface area contributed by atoms with Gasteiger partial charge >= 0.3 is 6.03 Å². The Balaban J connectivity index is 1.21. The van der Waals surface area contributed by atoms with Crippen LogP contribution >= 0.6 is 11.6 Å². The van der Waals surface area contributed by atoms with Crippen LogP contribution in [0.4, 0.5) is 16.3 Å². The molecule has 2 aliphatic rings. The summed E-state index contributed by atoms with van der Waals surface area (Å²) in [7, 11) is 0. The lowest BCUT2D eigenvalue weighted by Gasteiger charge is -2.22. The van der Waals surface area contributed by atoms with Crippen molar-refractivity contribution >= 4 is 39.9 Å². The molecule has 1 aromatic carbocycles. The maximum atomic E-state index is 12.5. The number of fused-ring (bicyclic) bond motifs is 2.